The molecule has 0 aromatic rings. The van der Waals surface area contributed by atoms with E-state index in [0.717, 1.165) is 25.7 Å². The number of rotatable bonds is 8. The largest absolute Gasteiger partial charge is 0.481 e. The molecule has 0 bridgehead atoms. The summed E-state index contributed by atoms with van der Waals surface area (Å²) in [6.45, 7) is 9.04. The molecule has 0 aliphatic heterocycles. The number of ketones is 1. The molecule has 0 spiro atoms. The number of carbonyl (C=O) groups is 3. The molecule has 4 fully saturated rings. The second kappa shape index (κ2) is 10.4. The Morgan fingerprint density at radius 2 is 1.83 bits per heavy atom. The number of nitrogens with one attached hydrogen (secondary N) is 1. The highest BCUT2D eigenvalue weighted by Gasteiger charge is 2.67. The molecular formula is C29H47NO6. The number of aliphatic hydroxyl groups excluding tert-OH is 2. The fourth-order valence-corrected chi connectivity index (χ4v) is 9.65. The van der Waals surface area contributed by atoms with Crippen LogP contribution in [0.5, 0.6) is 0 Å². The predicted octanol–water partition coefficient (Wildman–Crippen LogP) is 3.80. The zero-order chi connectivity index (χ0) is 26.4. The zero-order valence-electron chi connectivity index (χ0n) is 22.5. The van der Waals surface area contributed by atoms with E-state index in [1.165, 1.54) is 0 Å². The van der Waals surface area contributed by atoms with Crippen LogP contribution in [0.2, 0.25) is 0 Å². The van der Waals surface area contributed by atoms with Gasteiger partial charge in [-0.1, -0.05) is 34.1 Å². The first-order valence-corrected chi connectivity index (χ1v) is 14.3. The smallest absolute Gasteiger partial charge is 0.305 e. The van der Waals surface area contributed by atoms with E-state index in [1.54, 1.807) is 0 Å². The maximum Gasteiger partial charge on any atom is 0.305 e. The van der Waals surface area contributed by atoms with E-state index in [4.69, 9.17) is 5.11 Å². The second-order valence-electron chi connectivity index (χ2n) is 13.0. The Morgan fingerprint density at radius 1 is 1.11 bits per heavy atom. The fraction of sp³-hybridized carbons (Fsp3) is 0.897. The van der Waals surface area contributed by atoms with Gasteiger partial charge in [-0.15, -0.1) is 0 Å². The van der Waals surface area contributed by atoms with E-state index in [0.29, 0.717) is 37.9 Å². The van der Waals surface area contributed by atoms with Crippen LogP contribution in [0.1, 0.15) is 91.9 Å². The van der Waals surface area contributed by atoms with Crippen molar-refractivity contribution in [3.05, 3.63) is 0 Å². The summed E-state index contributed by atoms with van der Waals surface area (Å²) in [4.78, 5) is 35.4. The van der Waals surface area contributed by atoms with Crippen LogP contribution in [-0.2, 0) is 14.4 Å². The van der Waals surface area contributed by atoms with Crippen LogP contribution in [0.25, 0.3) is 0 Å². The highest BCUT2D eigenvalue weighted by Crippen LogP contribution is 2.69. The molecule has 4 aliphatic rings. The third-order valence-electron chi connectivity index (χ3n) is 11.6. The van der Waals surface area contributed by atoms with Gasteiger partial charge in [-0.2, -0.15) is 0 Å². The summed E-state index contributed by atoms with van der Waals surface area (Å²) in [6, 6.07) is 0. The van der Waals surface area contributed by atoms with E-state index >= 15 is 0 Å². The van der Waals surface area contributed by atoms with Gasteiger partial charge in [0.25, 0.3) is 0 Å². The van der Waals surface area contributed by atoms with Crippen LogP contribution in [-0.4, -0.2) is 51.7 Å². The normalized spacial score (nSPS) is 44.8. The quantitative estimate of drug-likeness (QED) is 0.398. The van der Waals surface area contributed by atoms with Gasteiger partial charge in [0, 0.05) is 25.8 Å². The molecule has 0 aromatic carbocycles. The molecule has 0 radical (unpaired) electrons. The summed E-state index contributed by atoms with van der Waals surface area (Å²) < 4.78 is 0. The summed E-state index contributed by atoms with van der Waals surface area (Å²) in [5.74, 6) is 0.751. The number of fused-ring (bicyclic) bond motifs is 5. The van der Waals surface area contributed by atoms with E-state index in [9.17, 15) is 24.6 Å². The third-order valence-corrected chi connectivity index (χ3v) is 11.6. The number of hydrogen-bond acceptors (Lipinski definition) is 5. The SMILES string of the molecule is CCC1C(O)C2C(CC(O)C3(C)C(C(C)CCC(=O)NCCC(=O)O)CCC23)C2(C)CCC(=O)CC12. The van der Waals surface area contributed by atoms with E-state index in [2.05, 4.69) is 33.0 Å². The highest BCUT2D eigenvalue weighted by atomic mass is 16.4. The average Bonchev–Trinajstić information content (AvgIpc) is 3.18. The summed E-state index contributed by atoms with van der Waals surface area (Å²) in [7, 11) is 0. The number of carboxylic acid groups (broad SMARTS) is 1. The van der Waals surface area contributed by atoms with Crippen molar-refractivity contribution in [2.75, 3.05) is 6.54 Å². The molecule has 7 heteroatoms. The zero-order valence-corrected chi connectivity index (χ0v) is 22.5. The molecule has 4 aliphatic carbocycles. The Balaban J connectivity index is 1.51. The van der Waals surface area contributed by atoms with Gasteiger partial charge in [-0.25, -0.2) is 0 Å². The lowest BCUT2D eigenvalue weighted by molar-refractivity contribution is -0.221. The van der Waals surface area contributed by atoms with Gasteiger partial charge in [-0.05, 0) is 84.4 Å². The van der Waals surface area contributed by atoms with Crippen LogP contribution in [0.3, 0.4) is 0 Å². The van der Waals surface area contributed by atoms with Gasteiger partial charge >= 0.3 is 5.97 Å². The van der Waals surface area contributed by atoms with Crippen LogP contribution in [0, 0.1) is 52.3 Å². The molecule has 204 valence electrons. The monoisotopic (exact) mass is 505 g/mol. The van der Waals surface area contributed by atoms with E-state index in [-0.39, 0.29) is 71.1 Å². The summed E-state index contributed by atoms with van der Waals surface area (Å²) in [5.41, 5.74) is -0.314. The van der Waals surface area contributed by atoms with Gasteiger partial charge in [0.1, 0.15) is 5.78 Å². The lowest BCUT2D eigenvalue weighted by Gasteiger charge is -2.65. The van der Waals surface area contributed by atoms with Crippen molar-refractivity contribution in [2.45, 2.75) is 104 Å². The summed E-state index contributed by atoms with van der Waals surface area (Å²) in [6.07, 6.45) is 5.69. The maximum atomic E-state index is 12.4. The van der Waals surface area contributed by atoms with Crippen molar-refractivity contribution in [1.29, 1.82) is 0 Å². The Bertz CT molecular complexity index is 861. The lowest BCUT2D eigenvalue weighted by atomic mass is 9.41. The fourth-order valence-electron chi connectivity index (χ4n) is 9.65. The standard InChI is InChI=1S/C29H47NO6/c1-5-18-21-14-17(31)10-12-28(21,3)22-15-23(32)29(4)19(7-8-20(29)26(22)27(18)36)16(2)6-9-24(33)30-13-11-25(34)35/h16,18-23,26-27,32,36H,5-15H2,1-4H3,(H,30,33)(H,34,35). The molecule has 11 unspecified atom stereocenters. The number of hydrogen-bond donors (Lipinski definition) is 4. The van der Waals surface area contributed by atoms with Crippen LogP contribution < -0.4 is 5.32 Å². The van der Waals surface area contributed by atoms with Crippen molar-refractivity contribution in [2.24, 2.45) is 52.3 Å². The van der Waals surface area contributed by atoms with E-state index < -0.39 is 18.2 Å². The Morgan fingerprint density at radius 3 is 2.50 bits per heavy atom. The van der Waals surface area contributed by atoms with E-state index in [1.807, 2.05) is 0 Å². The minimum absolute atomic E-state index is 0.0153. The first-order chi connectivity index (χ1) is 16.9. The van der Waals surface area contributed by atoms with Gasteiger partial charge in [0.2, 0.25) is 5.91 Å². The number of aliphatic hydroxyl groups is 2. The summed E-state index contributed by atoms with van der Waals surface area (Å²) in [5, 5.41) is 35.0. The molecular weight excluding hydrogens is 458 g/mol. The van der Waals surface area contributed by atoms with Crippen molar-refractivity contribution >= 4 is 17.7 Å². The molecule has 4 rings (SSSR count). The highest BCUT2D eigenvalue weighted by molar-refractivity contribution is 5.79. The molecule has 0 heterocycles. The van der Waals surface area contributed by atoms with Gasteiger partial charge in [0.05, 0.1) is 18.6 Å². The minimum Gasteiger partial charge on any atom is -0.481 e. The minimum atomic E-state index is -0.923. The maximum absolute atomic E-state index is 12.4. The number of Topliss-reactive ketones (excluding diaryl/α,β-unsaturated/α-hetero) is 1. The average molecular weight is 506 g/mol. The van der Waals surface area contributed by atoms with Crippen molar-refractivity contribution in [1.82, 2.24) is 5.32 Å². The van der Waals surface area contributed by atoms with Crippen LogP contribution >= 0.6 is 0 Å². The first-order valence-electron chi connectivity index (χ1n) is 14.3. The van der Waals surface area contributed by atoms with Crippen LogP contribution in [0.4, 0.5) is 0 Å². The second-order valence-corrected chi connectivity index (χ2v) is 13.0. The molecule has 4 N–H and O–H groups in total. The predicted molar refractivity (Wildman–Crippen MR) is 136 cm³/mol. The van der Waals surface area contributed by atoms with Crippen molar-refractivity contribution in [3.63, 3.8) is 0 Å². The first kappa shape index (κ1) is 27.6. The Labute approximate surface area is 215 Å². The molecule has 11 atom stereocenters. The Hall–Kier alpha value is -1.47. The lowest BCUT2D eigenvalue weighted by Crippen LogP contribution is -2.64. The third kappa shape index (κ3) is 4.53. The molecule has 0 saturated heterocycles. The number of aliphatic carboxylic acids is 1. The molecule has 4 saturated carbocycles. The van der Waals surface area contributed by atoms with Crippen molar-refractivity contribution < 1.29 is 29.7 Å². The molecule has 7 nitrogen and oxygen atoms in total. The Kier molecular flexibility index (Phi) is 7.93. The molecule has 1 amide bonds. The molecule has 36 heavy (non-hydrogen) atoms. The van der Waals surface area contributed by atoms with Gasteiger partial charge in [0.15, 0.2) is 0 Å². The number of carboxylic acids is 1. The van der Waals surface area contributed by atoms with Crippen LogP contribution in [0.15, 0.2) is 0 Å². The van der Waals surface area contributed by atoms with Gasteiger partial charge in [-0.3, -0.25) is 14.4 Å². The van der Waals surface area contributed by atoms with Crippen molar-refractivity contribution in [3.8, 4) is 0 Å². The number of amides is 1. The number of carbonyl (C=O) groups excluding carboxylic acids is 2. The molecule has 0 aromatic heterocycles. The topological polar surface area (TPSA) is 124 Å². The summed E-state index contributed by atoms with van der Waals surface area (Å²) >= 11 is 0. The van der Waals surface area contributed by atoms with Gasteiger partial charge < -0.3 is 20.6 Å².